The molecule has 0 aromatic heterocycles. The Hall–Kier alpha value is -0.600. The molecule has 8 rings (SSSR count). The Balaban J connectivity index is 0.929. The minimum Gasteiger partial charge on any atom is -0.381 e. The van der Waals surface area contributed by atoms with Crippen molar-refractivity contribution in [2.75, 3.05) is 14.2 Å². The van der Waals surface area contributed by atoms with E-state index in [-0.39, 0.29) is 0 Å². The molecule has 70 heavy (non-hydrogen) atoms. The Morgan fingerprint density at radius 2 is 0.586 bits per heavy atom. The molecule has 0 heterocycles. The molecule has 0 saturated heterocycles. The number of allylic oxidation sites excluding steroid dienone is 2. The highest BCUT2D eigenvalue weighted by Crippen LogP contribution is 2.57. The molecule has 0 N–H and O–H groups in total. The zero-order chi connectivity index (χ0) is 50.2. The zero-order valence-corrected chi connectivity index (χ0v) is 49.2. The molecule has 10 unspecified atom stereocenters. The van der Waals surface area contributed by atoms with Crippen LogP contribution in [0.2, 0.25) is 0 Å². The largest absolute Gasteiger partial charge is 0.381 e. The third-order valence-electron chi connectivity index (χ3n) is 23.9. The van der Waals surface area contributed by atoms with Gasteiger partial charge in [-0.05, 0) is 271 Å². The van der Waals surface area contributed by atoms with E-state index >= 15 is 0 Å². The third-order valence-corrected chi connectivity index (χ3v) is 23.9. The minimum absolute atomic E-state index is 0.406. The van der Waals surface area contributed by atoms with Crippen LogP contribution >= 0.6 is 0 Å². The summed E-state index contributed by atoms with van der Waals surface area (Å²) in [6.07, 6.45) is 46.7. The molecule has 2 nitrogen and oxygen atoms in total. The Morgan fingerprint density at radius 3 is 0.829 bits per heavy atom. The molecule has 8 saturated carbocycles. The van der Waals surface area contributed by atoms with Crippen molar-refractivity contribution in [3.63, 3.8) is 0 Å². The molecule has 8 fully saturated rings. The van der Waals surface area contributed by atoms with Crippen molar-refractivity contribution in [1.29, 1.82) is 0 Å². The fraction of sp³-hybridized carbons (Fsp3) is 0.941. The van der Waals surface area contributed by atoms with Gasteiger partial charge in [0.05, 0.1) is 12.2 Å². The quantitative estimate of drug-likeness (QED) is 0.203. The van der Waals surface area contributed by atoms with Gasteiger partial charge in [0.15, 0.2) is 0 Å². The van der Waals surface area contributed by atoms with Crippen molar-refractivity contribution >= 4 is 0 Å². The lowest BCUT2D eigenvalue weighted by molar-refractivity contribution is -0.0615. The van der Waals surface area contributed by atoms with E-state index in [1.807, 2.05) is 11.1 Å². The molecule has 0 aliphatic heterocycles. The van der Waals surface area contributed by atoms with Crippen LogP contribution in [0.5, 0.6) is 0 Å². The summed E-state index contributed by atoms with van der Waals surface area (Å²) in [4.78, 5) is 0. The van der Waals surface area contributed by atoms with E-state index in [0.717, 1.165) is 82.9 Å². The number of hydrogen-bond donors (Lipinski definition) is 0. The number of methoxy groups -OCH3 is 2. The summed E-state index contributed by atoms with van der Waals surface area (Å²) in [5.74, 6) is 13.5. The summed E-state index contributed by atoms with van der Waals surface area (Å²) < 4.78 is 13.4. The van der Waals surface area contributed by atoms with Crippen molar-refractivity contribution in [3.8, 4) is 0 Å². The molecular weight excluding hydrogens is 849 g/mol. The highest BCUT2D eigenvalue weighted by molar-refractivity contribution is 5.19. The predicted octanol–water partition coefficient (Wildman–Crippen LogP) is 19.9. The lowest BCUT2D eigenvalue weighted by Crippen LogP contribution is -2.46. The van der Waals surface area contributed by atoms with Gasteiger partial charge in [-0.15, -0.1) is 0 Å². The van der Waals surface area contributed by atoms with Crippen molar-refractivity contribution in [2.45, 2.75) is 275 Å². The smallest absolute Gasteiger partial charge is 0.0636 e. The first-order valence-corrected chi connectivity index (χ1v) is 31.6. The second kappa shape index (κ2) is 23.3. The lowest BCUT2D eigenvalue weighted by Gasteiger charge is -2.53. The molecule has 8 aliphatic carbocycles. The van der Waals surface area contributed by atoms with Gasteiger partial charge in [-0.3, -0.25) is 0 Å². The number of ether oxygens (including phenoxy) is 2. The zero-order valence-electron chi connectivity index (χ0n) is 49.2. The minimum atomic E-state index is 0.406. The van der Waals surface area contributed by atoms with E-state index in [2.05, 4.69) is 109 Å². The molecule has 0 aromatic carbocycles. The fourth-order valence-electron chi connectivity index (χ4n) is 19.2. The van der Waals surface area contributed by atoms with Crippen LogP contribution in [0.1, 0.15) is 263 Å². The SMILES string of the molecule is COC1CC(C2CCC(C3CCC(C=C(C4CCC(C(C)(C)C)CC4)C4CCC(C(C)(C)C)CC4)C(OC)C3)C3CCCCC23)CCC1C=C(C1CCC(C(C)(C)C)CC1)C1CCC(C(C)(C)C)CC1. The third kappa shape index (κ3) is 13.3. The van der Waals surface area contributed by atoms with Crippen molar-refractivity contribution in [3.05, 3.63) is 23.3 Å². The summed E-state index contributed by atoms with van der Waals surface area (Å²) in [7, 11) is 4.18. The molecular formula is C68H118O2. The molecule has 10 atom stereocenters. The van der Waals surface area contributed by atoms with Gasteiger partial charge >= 0.3 is 0 Å². The molecule has 402 valence electrons. The van der Waals surface area contributed by atoms with E-state index < -0.39 is 0 Å². The molecule has 0 radical (unpaired) electrons. The Labute approximate surface area is 436 Å². The Bertz CT molecular complexity index is 1460. The van der Waals surface area contributed by atoms with Gasteiger partial charge in [0.1, 0.15) is 0 Å². The van der Waals surface area contributed by atoms with Gasteiger partial charge in [-0.2, -0.15) is 0 Å². The Kier molecular flexibility index (Phi) is 18.5. The van der Waals surface area contributed by atoms with Crippen LogP contribution in [-0.4, -0.2) is 26.4 Å². The monoisotopic (exact) mass is 967 g/mol. The number of rotatable bonds is 10. The summed E-state index contributed by atoms with van der Waals surface area (Å²) in [5, 5.41) is 0. The van der Waals surface area contributed by atoms with E-state index in [1.54, 1.807) is 0 Å². The van der Waals surface area contributed by atoms with Crippen LogP contribution in [0.4, 0.5) is 0 Å². The van der Waals surface area contributed by atoms with E-state index in [9.17, 15) is 0 Å². The second-order valence-electron chi connectivity index (χ2n) is 31.5. The highest BCUT2D eigenvalue weighted by atomic mass is 16.5. The molecule has 0 amide bonds. The maximum absolute atomic E-state index is 6.69. The van der Waals surface area contributed by atoms with E-state index in [0.29, 0.717) is 45.7 Å². The first kappa shape index (κ1) is 55.6. The van der Waals surface area contributed by atoms with Crippen LogP contribution in [0.25, 0.3) is 0 Å². The molecule has 8 aliphatic rings. The van der Waals surface area contributed by atoms with Crippen LogP contribution < -0.4 is 0 Å². The maximum Gasteiger partial charge on any atom is 0.0636 e. The van der Waals surface area contributed by atoms with Crippen molar-refractivity contribution in [1.82, 2.24) is 0 Å². The summed E-state index contributed by atoms with van der Waals surface area (Å²) in [6.45, 7) is 30.0. The molecule has 0 aromatic rings. The Morgan fingerprint density at radius 1 is 0.314 bits per heavy atom. The lowest BCUT2D eigenvalue weighted by atomic mass is 9.53. The van der Waals surface area contributed by atoms with Crippen LogP contribution in [0, 0.1) is 116 Å². The topological polar surface area (TPSA) is 18.5 Å². The van der Waals surface area contributed by atoms with Gasteiger partial charge in [0.25, 0.3) is 0 Å². The molecule has 0 bridgehead atoms. The van der Waals surface area contributed by atoms with Gasteiger partial charge in [-0.1, -0.05) is 119 Å². The predicted molar refractivity (Wildman–Crippen MR) is 301 cm³/mol. The van der Waals surface area contributed by atoms with Gasteiger partial charge < -0.3 is 9.47 Å². The maximum atomic E-state index is 6.69. The number of fused-ring (bicyclic) bond motifs is 1. The van der Waals surface area contributed by atoms with Crippen LogP contribution in [0.3, 0.4) is 0 Å². The van der Waals surface area contributed by atoms with Gasteiger partial charge in [-0.25, -0.2) is 0 Å². The highest BCUT2D eigenvalue weighted by Gasteiger charge is 2.49. The van der Waals surface area contributed by atoms with Crippen molar-refractivity contribution in [2.24, 2.45) is 116 Å². The van der Waals surface area contributed by atoms with Gasteiger partial charge in [0, 0.05) is 26.1 Å². The second-order valence-corrected chi connectivity index (χ2v) is 31.5. The summed E-state index contributed by atoms with van der Waals surface area (Å²) in [6, 6.07) is 0. The first-order valence-electron chi connectivity index (χ1n) is 31.6. The van der Waals surface area contributed by atoms with Gasteiger partial charge in [0.2, 0.25) is 0 Å². The standard InChI is InChI=1S/C68H118O2/c1-65(2,3)53-31-23-45(24-32-53)61(46-25-33-54(34-26-46)66(4,5)6)41-51-21-19-49(43-63(51)69-13)57-39-40-58(60-18-16-15-17-59(57)60)50-20-22-52(64(44-50)70-14)42-62(47-27-35-55(36-28-47)67(7,8)9)48-29-37-56(38-30-48)68(10,11)12/h41-42,45-60,63-64H,15-40,43-44H2,1-14H3. The summed E-state index contributed by atoms with van der Waals surface area (Å²) >= 11 is 0. The normalized spacial score (nSPS) is 41.8. The average molecular weight is 968 g/mol. The first-order chi connectivity index (χ1) is 33.1. The van der Waals surface area contributed by atoms with Crippen LogP contribution in [-0.2, 0) is 9.47 Å². The van der Waals surface area contributed by atoms with Crippen molar-refractivity contribution < 1.29 is 9.47 Å². The average Bonchev–Trinajstić information content (AvgIpc) is 3.33. The number of hydrogen-bond acceptors (Lipinski definition) is 2. The van der Waals surface area contributed by atoms with E-state index in [1.165, 1.54) is 180 Å². The fourth-order valence-corrected chi connectivity index (χ4v) is 19.2. The molecule has 2 heteroatoms. The van der Waals surface area contributed by atoms with Crippen LogP contribution in [0.15, 0.2) is 23.3 Å². The molecule has 0 spiro atoms. The summed E-state index contributed by atoms with van der Waals surface area (Å²) in [5.41, 5.74) is 5.61. The van der Waals surface area contributed by atoms with E-state index in [4.69, 9.17) is 9.47 Å².